The monoisotopic (exact) mass is 206 g/mol. The number of rotatable bonds is 1. The van der Waals surface area contributed by atoms with Gasteiger partial charge in [0, 0.05) is 0 Å². The van der Waals surface area contributed by atoms with E-state index in [2.05, 4.69) is 0 Å². The Balaban J connectivity index is 4.30. The van der Waals surface area contributed by atoms with E-state index in [1.165, 1.54) is 0 Å². The van der Waals surface area contributed by atoms with Crippen molar-refractivity contribution in [2.24, 2.45) is 5.41 Å². The first-order chi connectivity index (χ1) is 5.54. The van der Waals surface area contributed by atoms with Gasteiger partial charge in [-0.3, -0.25) is 4.79 Å². The molecule has 0 aromatic rings. The molecule has 1 atom stereocenters. The highest BCUT2D eigenvalue weighted by Crippen LogP contribution is 2.26. The Morgan fingerprint density at radius 2 is 1.54 bits per heavy atom. The minimum atomic E-state index is -0.591. The van der Waals surface area contributed by atoms with Crippen LogP contribution in [0.25, 0.3) is 0 Å². The topological polar surface area (TPSA) is 26.3 Å². The fraction of sp³-hybridized carbons (Fsp3) is 0.900. The maximum absolute atomic E-state index is 11.5. The van der Waals surface area contributed by atoms with Gasteiger partial charge in [0.1, 0.15) is 11.0 Å². The zero-order valence-electron chi connectivity index (χ0n) is 9.27. The molecule has 0 saturated heterocycles. The lowest BCUT2D eigenvalue weighted by molar-refractivity contribution is -0.156. The molecule has 0 radical (unpaired) electrons. The van der Waals surface area contributed by atoms with E-state index in [4.69, 9.17) is 16.3 Å². The molecule has 2 nitrogen and oxygen atoms in total. The van der Waals surface area contributed by atoms with Gasteiger partial charge in [-0.15, -0.1) is 11.6 Å². The second-order valence-electron chi connectivity index (χ2n) is 5.26. The highest BCUT2D eigenvalue weighted by atomic mass is 35.5. The van der Waals surface area contributed by atoms with Crippen molar-refractivity contribution >= 4 is 17.6 Å². The van der Waals surface area contributed by atoms with E-state index in [0.717, 1.165) is 0 Å². The van der Waals surface area contributed by atoms with E-state index in [1.54, 1.807) is 0 Å². The van der Waals surface area contributed by atoms with E-state index in [1.807, 2.05) is 41.5 Å². The maximum Gasteiger partial charge on any atom is 0.325 e. The Kier molecular flexibility index (Phi) is 3.80. The van der Waals surface area contributed by atoms with Gasteiger partial charge in [0.25, 0.3) is 0 Å². The fourth-order valence-electron chi connectivity index (χ4n) is 0.707. The molecule has 0 aromatic carbocycles. The van der Waals surface area contributed by atoms with Crippen molar-refractivity contribution in [3.8, 4) is 0 Å². The fourth-order valence-corrected chi connectivity index (χ4v) is 0.752. The van der Waals surface area contributed by atoms with Crippen LogP contribution in [-0.2, 0) is 9.53 Å². The zero-order valence-corrected chi connectivity index (χ0v) is 10.0. The van der Waals surface area contributed by atoms with Crippen LogP contribution in [0.15, 0.2) is 0 Å². The summed E-state index contributed by atoms with van der Waals surface area (Å²) < 4.78 is 5.16. The minimum absolute atomic E-state index is 0.260. The SMILES string of the molecule is CC(C)(C)OC(=O)C(Cl)C(C)(C)C. The molecule has 0 spiro atoms. The lowest BCUT2D eigenvalue weighted by atomic mass is 9.92. The van der Waals surface area contributed by atoms with Crippen LogP contribution in [0.3, 0.4) is 0 Å². The Hall–Kier alpha value is -0.240. The number of hydrogen-bond acceptors (Lipinski definition) is 2. The van der Waals surface area contributed by atoms with Crippen molar-refractivity contribution in [1.29, 1.82) is 0 Å². The van der Waals surface area contributed by atoms with Crippen molar-refractivity contribution in [2.75, 3.05) is 0 Å². The first-order valence-corrected chi connectivity index (χ1v) is 4.84. The maximum atomic E-state index is 11.5. The summed E-state index contributed by atoms with van der Waals surface area (Å²) in [5.74, 6) is -0.346. The summed E-state index contributed by atoms with van der Waals surface area (Å²) in [6.07, 6.45) is 0. The van der Waals surface area contributed by atoms with Gasteiger partial charge < -0.3 is 4.74 Å². The molecule has 78 valence electrons. The van der Waals surface area contributed by atoms with E-state index in [-0.39, 0.29) is 11.4 Å². The van der Waals surface area contributed by atoms with Crippen LogP contribution in [0, 0.1) is 5.41 Å². The van der Waals surface area contributed by atoms with Gasteiger partial charge in [-0.1, -0.05) is 20.8 Å². The first-order valence-electron chi connectivity index (χ1n) is 4.41. The van der Waals surface area contributed by atoms with Crippen molar-refractivity contribution in [1.82, 2.24) is 0 Å². The lowest BCUT2D eigenvalue weighted by Crippen LogP contribution is -2.35. The summed E-state index contributed by atoms with van der Waals surface area (Å²) in [5.41, 5.74) is -0.723. The summed E-state index contributed by atoms with van der Waals surface area (Å²) in [6, 6.07) is 0. The smallest absolute Gasteiger partial charge is 0.325 e. The molecule has 0 rings (SSSR count). The van der Waals surface area contributed by atoms with Crippen LogP contribution in [0.5, 0.6) is 0 Å². The molecule has 0 bridgehead atoms. The van der Waals surface area contributed by atoms with Gasteiger partial charge in [0.15, 0.2) is 0 Å². The normalized spacial score (nSPS) is 15.3. The largest absolute Gasteiger partial charge is 0.459 e. The Bertz CT molecular complexity index is 186. The Morgan fingerprint density at radius 1 is 1.15 bits per heavy atom. The van der Waals surface area contributed by atoms with Gasteiger partial charge in [-0.2, -0.15) is 0 Å². The second-order valence-corrected chi connectivity index (χ2v) is 5.70. The molecule has 3 heteroatoms. The average molecular weight is 207 g/mol. The molecule has 0 heterocycles. The number of carbonyl (C=O) groups is 1. The van der Waals surface area contributed by atoms with E-state index in [9.17, 15) is 4.79 Å². The number of esters is 1. The van der Waals surface area contributed by atoms with E-state index >= 15 is 0 Å². The molecular formula is C10H19ClO2. The molecule has 0 aliphatic heterocycles. The number of ether oxygens (including phenoxy) is 1. The predicted octanol–water partition coefficient (Wildman–Crippen LogP) is 2.98. The molecule has 0 aliphatic rings. The van der Waals surface area contributed by atoms with Crippen molar-refractivity contribution in [2.45, 2.75) is 52.5 Å². The third-order valence-corrected chi connectivity index (χ3v) is 2.21. The highest BCUT2D eigenvalue weighted by molar-refractivity contribution is 6.30. The van der Waals surface area contributed by atoms with Crippen LogP contribution in [0.1, 0.15) is 41.5 Å². The standard InChI is InChI=1S/C10H19ClO2/c1-9(2,3)7(11)8(12)13-10(4,5)6/h7H,1-6H3. The van der Waals surface area contributed by atoms with Gasteiger partial charge in [-0.05, 0) is 26.2 Å². The number of alkyl halides is 1. The van der Waals surface area contributed by atoms with Gasteiger partial charge in [0.05, 0.1) is 0 Å². The van der Waals surface area contributed by atoms with Crippen LogP contribution in [-0.4, -0.2) is 16.9 Å². The minimum Gasteiger partial charge on any atom is -0.459 e. The Labute approximate surface area is 85.6 Å². The molecule has 0 aromatic heterocycles. The predicted molar refractivity (Wildman–Crippen MR) is 54.9 cm³/mol. The molecule has 0 N–H and O–H groups in total. The molecular weight excluding hydrogens is 188 g/mol. The summed E-state index contributed by atoms with van der Waals surface area (Å²) in [4.78, 5) is 11.5. The summed E-state index contributed by atoms with van der Waals surface area (Å²) in [5, 5.41) is -0.591. The quantitative estimate of drug-likeness (QED) is 0.487. The lowest BCUT2D eigenvalue weighted by Gasteiger charge is -2.27. The Morgan fingerprint density at radius 3 is 1.77 bits per heavy atom. The molecule has 0 amide bonds. The molecule has 0 fully saturated rings. The van der Waals surface area contributed by atoms with Gasteiger partial charge >= 0.3 is 5.97 Å². The third-order valence-electron chi connectivity index (χ3n) is 1.37. The number of halogens is 1. The number of hydrogen-bond donors (Lipinski definition) is 0. The molecule has 0 aliphatic carbocycles. The summed E-state index contributed by atoms with van der Waals surface area (Å²) in [7, 11) is 0. The zero-order chi connectivity index (χ0) is 10.9. The van der Waals surface area contributed by atoms with Crippen molar-refractivity contribution < 1.29 is 9.53 Å². The first kappa shape index (κ1) is 12.8. The molecule has 0 saturated carbocycles. The van der Waals surface area contributed by atoms with Gasteiger partial charge in [-0.25, -0.2) is 0 Å². The molecule has 13 heavy (non-hydrogen) atoms. The van der Waals surface area contributed by atoms with Gasteiger partial charge in [0.2, 0.25) is 0 Å². The summed E-state index contributed by atoms with van der Waals surface area (Å²) in [6.45, 7) is 11.2. The average Bonchev–Trinajstić information content (AvgIpc) is 1.79. The summed E-state index contributed by atoms with van der Waals surface area (Å²) >= 11 is 5.94. The molecule has 1 unspecified atom stereocenters. The van der Waals surface area contributed by atoms with E-state index in [0.29, 0.717) is 0 Å². The van der Waals surface area contributed by atoms with Crippen LogP contribution in [0.4, 0.5) is 0 Å². The second kappa shape index (κ2) is 3.87. The highest BCUT2D eigenvalue weighted by Gasteiger charge is 2.32. The number of carbonyl (C=O) groups excluding carboxylic acids is 1. The van der Waals surface area contributed by atoms with Crippen molar-refractivity contribution in [3.05, 3.63) is 0 Å². The van der Waals surface area contributed by atoms with Crippen molar-refractivity contribution in [3.63, 3.8) is 0 Å². The van der Waals surface area contributed by atoms with Crippen LogP contribution >= 0.6 is 11.6 Å². The third kappa shape index (κ3) is 5.14. The van der Waals surface area contributed by atoms with E-state index < -0.39 is 11.0 Å². The van der Waals surface area contributed by atoms with Crippen LogP contribution in [0.2, 0.25) is 0 Å². The van der Waals surface area contributed by atoms with Crippen LogP contribution < -0.4 is 0 Å².